The van der Waals surface area contributed by atoms with Gasteiger partial charge < -0.3 is 11.1 Å². The smallest absolute Gasteiger partial charge is 0.319 e. The molecule has 3 aromatic carbocycles. The third kappa shape index (κ3) is 4.44. The lowest BCUT2D eigenvalue weighted by atomic mass is 10.0. The van der Waals surface area contributed by atoms with E-state index in [4.69, 9.17) is 5.73 Å². The molecule has 7 nitrogen and oxygen atoms in total. The van der Waals surface area contributed by atoms with Crippen LogP contribution in [0.5, 0.6) is 0 Å². The molecule has 0 aliphatic heterocycles. The van der Waals surface area contributed by atoms with Gasteiger partial charge >= 0.3 is 6.03 Å². The molecular weight excluding hydrogens is 411 g/mol. The van der Waals surface area contributed by atoms with E-state index in [0.717, 1.165) is 5.56 Å². The van der Waals surface area contributed by atoms with Crippen molar-refractivity contribution < 1.29 is 18.8 Å². The van der Waals surface area contributed by atoms with Gasteiger partial charge in [-0.1, -0.05) is 36.4 Å². The lowest BCUT2D eigenvalue weighted by Gasteiger charge is -2.11. The van der Waals surface area contributed by atoms with Crippen molar-refractivity contribution in [2.45, 2.75) is 0 Å². The minimum atomic E-state index is -0.978. The van der Waals surface area contributed by atoms with Gasteiger partial charge in [0, 0.05) is 28.3 Å². The Morgan fingerprint density at radius 3 is 2.38 bits per heavy atom. The number of nitrogens with two attached hydrogens (primary N) is 1. The minimum absolute atomic E-state index is 0.147. The molecule has 0 saturated heterocycles. The molecule has 0 spiro atoms. The van der Waals surface area contributed by atoms with Crippen molar-refractivity contribution in [2.75, 3.05) is 5.32 Å². The Bertz CT molecular complexity index is 1360. The summed E-state index contributed by atoms with van der Waals surface area (Å²) in [4.78, 5) is 40.6. The largest absolute Gasteiger partial charge is 0.351 e. The number of aromatic nitrogens is 1. The maximum atomic E-state index is 13.8. The highest BCUT2D eigenvalue weighted by Gasteiger charge is 2.16. The van der Waals surface area contributed by atoms with Gasteiger partial charge in [0.05, 0.1) is 16.8 Å². The molecule has 0 fully saturated rings. The topological polar surface area (TPSA) is 114 Å². The van der Waals surface area contributed by atoms with Crippen molar-refractivity contribution in [2.24, 2.45) is 5.73 Å². The molecule has 4 N–H and O–H groups in total. The van der Waals surface area contributed by atoms with Crippen LogP contribution in [-0.2, 0) is 0 Å². The zero-order chi connectivity index (χ0) is 22.7. The molecule has 0 saturated carbocycles. The standard InChI is InChI=1S/C24H17FN4O3/c25-16-9-10-18-19(13-20(28-21(18)12-16)14-5-2-1-3-6-14)23(31)27-17-8-4-7-15(11-17)22(30)29-24(26)32/h1-13H,(H,27,31)(H3,26,29,30,32). The minimum Gasteiger partial charge on any atom is -0.351 e. The van der Waals surface area contributed by atoms with E-state index >= 15 is 0 Å². The van der Waals surface area contributed by atoms with Gasteiger partial charge in [-0.05, 0) is 36.4 Å². The van der Waals surface area contributed by atoms with Gasteiger partial charge in [0.1, 0.15) is 5.82 Å². The first-order valence-corrected chi connectivity index (χ1v) is 9.58. The van der Waals surface area contributed by atoms with Gasteiger partial charge in [-0.3, -0.25) is 14.9 Å². The number of carbonyl (C=O) groups is 3. The Hall–Kier alpha value is -4.59. The van der Waals surface area contributed by atoms with Crippen LogP contribution in [-0.4, -0.2) is 22.8 Å². The van der Waals surface area contributed by atoms with E-state index in [1.807, 2.05) is 35.6 Å². The third-order valence-electron chi connectivity index (χ3n) is 4.71. The maximum Gasteiger partial charge on any atom is 0.319 e. The second-order valence-corrected chi connectivity index (χ2v) is 6.94. The molecule has 0 bridgehead atoms. The lowest BCUT2D eigenvalue weighted by molar-refractivity contribution is 0.0964. The first-order valence-electron chi connectivity index (χ1n) is 9.58. The molecular formula is C24H17FN4O3. The molecule has 0 radical (unpaired) electrons. The number of halogens is 1. The molecule has 32 heavy (non-hydrogen) atoms. The zero-order valence-electron chi connectivity index (χ0n) is 16.6. The Labute approximate surface area is 182 Å². The summed E-state index contributed by atoms with van der Waals surface area (Å²) < 4.78 is 13.8. The highest BCUT2D eigenvalue weighted by Crippen LogP contribution is 2.26. The van der Waals surface area contributed by atoms with Crippen molar-refractivity contribution >= 4 is 34.4 Å². The number of rotatable bonds is 4. The van der Waals surface area contributed by atoms with Crippen LogP contribution in [0, 0.1) is 5.82 Å². The predicted molar refractivity (Wildman–Crippen MR) is 119 cm³/mol. The van der Waals surface area contributed by atoms with Gasteiger partial charge in [-0.2, -0.15) is 0 Å². The van der Waals surface area contributed by atoms with E-state index < -0.39 is 23.7 Å². The van der Waals surface area contributed by atoms with Crippen LogP contribution in [0.4, 0.5) is 14.9 Å². The van der Waals surface area contributed by atoms with Gasteiger partial charge in [0.2, 0.25) is 0 Å². The second kappa shape index (κ2) is 8.65. The average Bonchev–Trinajstić information content (AvgIpc) is 2.78. The van der Waals surface area contributed by atoms with Crippen molar-refractivity contribution in [3.8, 4) is 11.3 Å². The number of urea groups is 1. The van der Waals surface area contributed by atoms with E-state index in [1.54, 1.807) is 18.2 Å². The molecule has 0 unspecified atom stereocenters. The Morgan fingerprint density at radius 2 is 1.62 bits per heavy atom. The van der Waals surface area contributed by atoms with E-state index in [-0.39, 0.29) is 5.56 Å². The van der Waals surface area contributed by atoms with Crippen LogP contribution < -0.4 is 16.4 Å². The first-order chi connectivity index (χ1) is 15.4. The Morgan fingerprint density at radius 1 is 0.844 bits per heavy atom. The maximum absolute atomic E-state index is 13.8. The number of imide groups is 1. The number of carbonyl (C=O) groups excluding carboxylic acids is 3. The van der Waals surface area contributed by atoms with Crippen molar-refractivity contribution in [1.82, 2.24) is 10.3 Å². The van der Waals surface area contributed by atoms with E-state index in [1.165, 1.54) is 30.3 Å². The number of anilines is 1. The van der Waals surface area contributed by atoms with Crippen LogP contribution in [0.25, 0.3) is 22.2 Å². The fraction of sp³-hybridized carbons (Fsp3) is 0. The number of primary amides is 1. The van der Waals surface area contributed by atoms with E-state index in [9.17, 15) is 18.8 Å². The number of amides is 4. The molecule has 0 atom stereocenters. The van der Waals surface area contributed by atoms with Gasteiger partial charge in [-0.25, -0.2) is 14.2 Å². The van der Waals surface area contributed by atoms with Gasteiger partial charge in [0.25, 0.3) is 11.8 Å². The monoisotopic (exact) mass is 428 g/mol. The predicted octanol–water partition coefficient (Wildman–Crippen LogP) is 4.10. The quantitative estimate of drug-likeness (QED) is 0.454. The van der Waals surface area contributed by atoms with Crippen molar-refractivity contribution in [3.63, 3.8) is 0 Å². The van der Waals surface area contributed by atoms with Crippen LogP contribution in [0.1, 0.15) is 20.7 Å². The summed E-state index contributed by atoms with van der Waals surface area (Å²) in [5.74, 6) is -1.62. The first kappa shape index (κ1) is 20.7. The number of fused-ring (bicyclic) bond motifs is 1. The van der Waals surface area contributed by atoms with Crippen molar-refractivity contribution in [1.29, 1.82) is 0 Å². The van der Waals surface area contributed by atoms with Gasteiger partial charge in [-0.15, -0.1) is 0 Å². The zero-order valence-corrected chi connectivity index (χ0v) is 16.6. The van der Waals surface area contributed by atoms with Crippen molar-refractivity contribution in [3.05, 3.63) is 95.8 Å². The Kier molecular flexibility index (Phi) is 5.59. The summed E-state index contributed by atoms with van der Waals surface area (Å²) >= 11 is 0. The normalized spacial score (nSPS) is 10.5. The highest BCUT2D eigenvalue weighted by molar-refractivity contribution is 6.13. The second-order valence-electron chi connectivity index (χ2n) is 6.94. The molecule has 158 valence electrons. The fourth-order valence-electron chi connectivity index (χ4n) is 3.27. The van der Waals surface area contributed by atoms with E-state index in [0.29, 0.717) is 27.8 Å². The molecule has 0 aliphatic rings. The SMILES string of the molecule is NC(=O)NC(=O)c1cccc(NC(=O)c2cc(-c3ccccc3)nc3cc(F)ccc23)c1. The van der Waals surface area contributed by atoms with Crippen LogP contribution >= 0.6 is 0 Å². The number of hydrogen-bond donors (Lipinski definition) is 3. The molecule has 4 aromatic rings. The Balaban J connectivity index is 1.72. The summed E-state index contributed by atoms with van der Waals surface area (Å²) in [5.41, 5.74) is 7.38. The number of pyridine rings is 1. The third-order valence-corrected chi connectivity index (χ3v) is 4.71. The number of nitrogens with zero attached hydrogens (tertiary/aromatic N) is 1. The van der Waals surface area contributed by atoms with E-state index in [2.05, 4.69) is 10.3 Å². The lowest BCUT2D eigenvalue weighted by Crippen LogP contribution is -2.34. The van der Waals surface area contributed by atoms with Crippen LogP contribution in [0.15, 0.2) is 78.9 Å². The molecule has 1 heterocycles. The fourth-order valence-corrected chi connectivity index (χ4v) is 3.27. The summed E-state index contributed by atoms with van der Waals surface area (Å²) in [6, 6.07) is 20.0. The molecule has 1 aromatic heterocycles. The summed E-state index contributed by atoms with van der Waals surface area (Å²) in [7, 11) is 0. The summed E-state index contributed by atoms with van der Waals surface area (Å²) in [6.07, 6.45) is 0. The van der Waals surface area contributed by atoms with Gasteiger partial charge in [0.15, 0.2) is 0 Å². The molecule has 0 aliphatic carbocycles. The molecule has 4 amide bonds. The van der Waals surface area contributed by atoms with Crippen LogP contribution in [0.3, 0.4) is 0 Å². The summed E-state index contributed by atoms with van der Waals surface area (Å²) in [5, 5.41) is 5.18. The summed E-state index contributed by atoms with van der Waals surface area (Å²) in [6.45, 7) is 0. The molecule has 8 heteroatoms. The highest BCUT2D eigenvalue weighted by atomic mass is 19.1. The number of hydrogen-bond acceptors (Lipinski definition) is 4. The average molecular weight is 428 g/mol. The molecule has 4 rings (SSSR count). The number of benzene rings is 3. The van der Waals surface area contributed by atoms with Crippen LogP contribution in [0.2, 0.25) is 0 Å². The number of nitrogens with one attached hydrogen (secondary N) is 2.